The molecule has 0 spiro atoms. The number of aryl methyl sites for hydroxylation is 1. The Morgan fingerprint density at radius 2 is 2.29 bits per heavy atom. The number of carboxylic acids is 1. The van der Waals surface area contributed by atoms with E-state index in [1.807, 2.05) is 0 Å². The van der Waals surface area contributed by atoms with Crippen LogP contribution in [-0.2, 0) is 27.9 Å². The van der Waals surface area contributed by atoms with Crippen molar-refractivity contribution in [3.63, 3.8) is 0 Å². The quantitative estimate of drug-likeness (QED) is 0.809. The van der Waals surface area contributed by atoms with E-state index in [1.165, 1.54) is 41.0 Å². The van der Waals surface area contributed by atoms with E-state index < -0.39 is 16.0 Å². The molecule has 21 heavy (non-hydrogen) atoms. The van der Waals surface area contributed by atoms with Gasteiger partial charge in [0.25, 0.3) is 0 Å². The molecule has 0 bridgehead atoms. The number of carboxylic acid groups (broad SMARTS) is 1. The average Bonchev–Trinajstić information content (AvgIpc) is 3.07. The number of sulfonamides is 1. The van der Waals surface area contributed by atoms with E-state index in [4.69, 9.17) is 9.52 Å². The summed E-state index contributed by atoms with van der Waals surface area (Å²) in [5.74, 6) is -0.966. The van der Waals surface area contributed by atoms with Crippen molar-refractivity contribution in [2.75, 3.05) is 7.05 Å². The lowest BCUT2D eigenvalue weighted by molar-refractivity contribution is -0.137. The number of nitrogens with zero attached hydrogens (tertiary/aromatic N) is 3. The maximum absolute atomic E-state index is 12.3. The first-order valence-electron chi connectivity index (χ1n) is 6.11. The van der Waals surface area contributed by atoms with Gasteiger partial charge in [0.05, 0.1) is 31.7 Å². The molecule has 0 aromatic carbocycles. The van der Waals surface area contributed by atoms with Gasteiger partial charge >= 0.3 is 5.97 Å². The van der Waals surface area contributed by atoms with Crippen molar-refractivity contribution in [1.29, 1.82) is 0 Å². The minimum absolute atomic E-state index is 0.0267. The Bertz CT molecular complexity index is 705. The van der Waals surface area contributed by atoms with Gasteiger partial charge in [-0.05, 0) is 6.07 Å². The van der Waals surface area contributed by atoms with Gasteiger partial charge in [0.15, 0.2) is 0 Å². The van der Waals surface area contributed by atoms with Crippen LogP contribution in [-0.4, -0.2) is 40.6 Å². The standard InChI is InChI=1S/C12H15N3O5S/c1-14(7-10-3-5-20-9-10)21(18,19)11-6-13-15(8-11)4-2-12(16)17/h3,5-6,8-9H,2,4,7H2,1H3,(H,16,17). The molecule has 0 aliphatic carbocycles. The molecule has 0 fully saturated rings. The smallest absolute Gasteiger partial charge is 0.305 e. The lowest BCUT2D eigenvalue weighted by Gasteiger charge is -2.14. The van der Waals surface area contributed by atoms with Gasteiger partial charge in [0.2, 0.25) is 10.0 Å². The van der Waals surface area contributed by atoms with Gasteiger partial charge < -0.3 is 9.52 Å². The first-order chi connectivity index (χ1) is 9.89. The number of hydrogen-bond donors (Lipinski definition) is 1. The molecule has 0 saturated heterocycles. The number of carbonyl (C=O) groups is 1. The fraction of sp³-hybridized carbons (Fsp3) is 0.333. The molecule has 0 aliphatic rings. The van der Waals surface area contributed by atoms with Crippen LogP contribution in [0.2, 0.25) is 0 Å². The molecule has 9 heteroatoms. The van der Waals surface area contributed by atoms with E-state index in [-0.39, 0.29) is 24.4 Å². The first-order valence-corrected chi connectivity index (χ1v) is 7.55. The Balaban J connectivity index is 2.10. The Hall–Kier alpha value is -2.13. The maximum atomic E-state index is 12.3. The van der Waals surface area contributed by atoms with E-state index in [0.29, 0.717) is 0 Å². The number of aromatic nitrogens is 2. The Morgan fingerprint density at radius 1 is 1.52 bits per heavy atom. The highest BCUT2D eigenvalue weighted by Crippen LogP contribution is 2.16. The summed E-state index contributed by atoms with van der Waals surface area (Å²) in [6, 6.07) is 1.68. The zero-order valence-corrected chi connectivity index (χ0v) is 12.2. The average molecular weight is 313 g/mol. The SMILES string of the molecule is CN(Cc1ccoc1)S(=O)(=O)c1cnn(CCC(=O)O)c1. The summed E-state index contributed by atoms with van der Waals surface area (Å²) >= 11 is 0. The fourth-order valence-electron chi connectivity index (χ4n) is 1.71. The normalized spacial score (nSPS) is 11.9. The van der Waals surface area contributed by atoms with Gasteiger partial charge in [-0.2, -0.15) is 9.40 Å². The van der Waals surface area contributed by atoms with Crippen molar-refractivity contribution < 1.29 is 22.7 Å². The van der Waals surface area contributed by atoms with E-state index in [9.17, 15) is 13.2 Å². The van der Waals surface area contributed by atoms with E-state index in [2.05, 4.69) is 5.10 Å². The van der Waals surface area contributed by atoms with Crippen LogP contribution in [0.4, 0.5) is 0 Å². The molecule has 2 heterocycles. The number of furan rings is 1. The monoisotopic (exact) mass is 313 g/mol. The van der Waals surface area contributed by atoms with Crippen molar-refractivity contribution in [3.8, 4) is 0 Å². The van der Waals surface area contributed by atoms with E-state index in [1.54, 1.807) is 6.07 Å². The summed E-state index contributed by atoms with van der Waals surface area (Å²) in [5, 5.41) is 12.5. The summed E-state index contributed by atoms with van der Waals surface area (Å²) in [6.45, 7) is 0.301. The zero-order valence-electron chi connectivity index (χ0n) is 11.3. The molecular formula is C12H15N3O5S. The predicted octanol–water partition coefficient (Wildman–Crippen LogP) is 0.771. The van der Waals surface area contributed by atoms with Crippen LogP contribution in [0.25, 0.3) is 0 Å². The van der Waals surface area contributed by atoms with Gasteiger partial charge in [-0.3, -0.25) is 9.48 Å². The molecule has 0 saturated carbocycles. The van der Waals surface area contributed by atoms with Gasteiger partial charge in [0.1, 0.15) is 4.90 Å². The predicted molar refractivity (Wildman–Crippen MR) is 71.8 cm³/mol. The van der Waals surface area contributed by atoms with Crippen molar-refractivity contribution in [3.05, 3.63) is 36.5 Å². The van der Waals surface area contributed by atoms with Crippen LogP contribution in [0.15, 0.2) is 40.3 Å². The lowest BCUT2D eigenvalue weighted by Crippen LogP contribution is -2.26. The minimum atomic E-state index is -3.67. The largest absolute Gasteiger partial charge is 0.481 e. The molecule has 0 unspecified atom stereocenters. The molecule has 2 aromatic rings. The summed E-state index contributed by atoms with van der Waals surface area (Å²) in [5.41, 5.74) is 0.736. The third kappa shape index (κ3) is 3.70. The van der Waals surface area contributed by atoms with Crippen LogP contribution in [0, 0.1) is 0 Å². The summed E-state index contributed by atoms with van der Waals surface area (Å²) < 4.78 is 32.0. The highest BCUT2D eigenvalue weighted by molar-refractivity contribution is 7.89. The number of rotatable bonds is 7. The molecule has 0 atom stereocenters. The topological polar surface area (TPSA) is 106 Å². The van der Waals surface area contributed by atoms with Crippen molar-refractivity contribution in [1.82, 2.24) is 14.1 Å². The Labute approximate surface area is 121 Å². The highest BCUT2D eigenvalue weighted by atomic mass is 32.2. The Kier molecular flexibility index (Phi) is 4.43. The van der Waals surface area contributed by atoms with Crippen LogP contribution in [0.1, 0.15) is 12.0 Å². The highest BCUT2D eigenvalue weighted by Gasteiger charge is 2.23. The Morgan fingerprint density at radius 3 is 2.90 bits per heavy atom. The first kappa shape index (κ1) is 15.3. The molecule has 2 rings (SSSR count). The molecule has 2 aromatic heterocycles. The van der Waals surface area contributed by atoms with Crippen molar-refractivity contribution >= 4 is 16.0 Å². The second-order valence-corrected chi connectivity index (χ2v) is 6.52. The van der Waals surface area contributed by atoms with Crippen LogP contribution >= 0.6 is 0 Å². The number of hydrogen-bond acceptors (Lipinski definition) is 5. The van der Waals surface area contributed by atoms with Crippen LogP contribution in [0.5, 0.6) is 0 Å². The zero-order chi connectivity index (χ0) is 15.5. The molecule has 114 valence electrons. The molecule has 1 N–H and O–H groups in total. The molecule has 0 aliphatic heterocycles. The fourth-order valence-corrected chi connectivity index (χ4v) is 2.83. The molecule has 0 amide bonds. The minimum Gasteiger partial charge on any atom is -0.481 e. The van der Waals surface area contributed by atoms with Crippen LogP contribution in [0.3, 0.4) is 0 Å². The van der Waals surface area contributed by atoms with Gasteiger partial charge in [-0.15, -0.1) is 0 Å². The summed E-state index contributed by atoms with van der Waals surface area (Å²) in [7, 11) is -2.22. The summed E-state index contributed by atoms with van der Waals surface area (Å²) in [4.78, 5) is 10.5. The third-order valence-corrected chi connectivity index (χ3v) is 4.61. The third-order valence-electron chi connectivity index (χ3n) is 2.86. The number of aliphatic carboxylic acids is 1. The summed E-state index contributed by atoms with van der Waals surface area (Å²) in [6.07, 6.45) is 5.36. The van der Waals surface area contributed by atoms with Crippen LogP contribution < -0.4 is 0 Å². The lowest BCUT2D eigenvalue weighted by atomic mass is 10.3. The second-order valence-electron chi connectivity index (χ2n) is 4.48. The molecular weight excluding hydrogens is 298 g/mol. The molecule has 8 nitrogen and oxygen atoms in total. The van der Waals surface area contributed by atoms with Crippen molar-refractivity contribution in [2.24, 2.45) is 0 Å². The van der Waals surface area contributed by atoms with Crippen molar-refractivity contribution in [2.45, 2.75) is 24.4 Å². The van der Waals surface area contributed by atoms with E-state index >= 15 is 0 Å². The maximum Gasteiger partial charge on any atom is 0.305 e. The van der Waals surface area contributed by atoms with Gasteiger partial charge in [0, 0.05) is 25.4 Å². The second kappa shape index (κ2) is 6.10. The van der Waals surface area contributed by atoms with E-state index in [0.717, 1.165) is 5.56 Å². The van der Waals surface area contributed by atoms with Gasteiger partial charge in [-0.25, -0.2) is 8.42 Å². The molecule has 0 radical (unpaired) electrons. The van der Waals surface area contributed by atoms with Gasteiger partial charge in [-0.1, -0.05) is 0 Å².